The molecule has 6 heteroatoms. The number of hydrogen-bond donors (Lipinski definition) is 0. The van der Waals surface area contributed by atoms with Crippen LogP contribution in [0.3, 0.4) is 0 Å². The van der Waals surface area contributed by atoms with Gasteiger partial charge in [-0.3, -0.25) is 19.4 Å². The third-order valence-corrected chi connectivity index (χ3v) is 6.04. The highest BCUT2D eigenvalue weighted by atomic mass is 32.1. The summed E-state index contributed by atoms with van der Waals surface area (Å²) in [6.07, 6.45) is 3.75. The van der Waals surface area contributed by atoms with Crippen LogP contribution in [0.5, 0.6) is 0 Å². The van der Waals surface area contributed by atoms with Gasteiger partial charge in [0.15, 0.2) is 5.11 Å². The number of likely N-dealkylation sites (N-methyl/N-ethyl adjacent to an activating group) is 2. The van der Waals surface area contributed by atoms with Crippen LogP contribution in [0, 0.1) is 0 Å². The normalized spacial score (nSPS) is 17.0. The highest BCUT2D eigenvalue weighted by Crippen LogP contribution is 2.30. The molecule has 0 aromatic heterocycles. The lowest BCUT2D eigenvalue weighted by molar-refractivity contribution is -0.132. The van der Waals surface area contributed by atoms with E-state index < -0.39 is 0 Å². The number of carbonyl (C=O) groups excluding carboxylic acids is 2. The largest absolute Gasteiger partial charge is 0.367 e. The van der Waals surface area contributed by atoms with E-state index in [0.717, 1.165) is 31.5 Å². The Balaban J connectivity index is 1.63. The second kappa shape index (κ2) is 7.79. The fourth-order valence-corrected chi connectivity index (χ4v) is 4.06. The summed E-state index contributed by atoms with van der Waals surface area (Å²) in [6, 6.07) is 16.6. The minimum absolute atomic E-state index is 0.139. The van der Waals surface area contributed by atoms with Gasteiger partial charge in [-0.1, -0.05) is 36.4 Å². The summed E-state index contributed by atoms with van der Waals surface area (Å²) >= 11 is 5.15. The molecule has 2 aromatic rings. The standard InChI is InChI=1S/C23H23N3O2S/c1-24-21(27)19(22(28)25(2)23(24)29)14-17-10-11-20-18(13-17)9-6-12-26(20)15-16-7-4-3-5-8-16/h3-5,7-8,10-11,13-14H,6,9,12,15H2,1-2H3. The molecular weight excluding hydrogens is 382 g/mol. The van der Waals surface area contributed by atoms with Gasteiger partial charge in [0.25, 0.3) is 11.8 Å². The molecule has 0 atom stereocenters. The lowest BCUT2D eigenvalue weighted by Crippen LogP contribution is -2.52. The maximum absolute atomic E-state index is 12.6. The highest BCUT2D eigenvalue weighted by Gasteiger charge is 2.35. The number of aryl methyl sites for hydroxylation is 1. The third kappa shape index (κ3) is 3.68. The van der Waals surface area contributed by atoms with Crippen molar-refractivity contribution in [3.05, 3.63) is 70.8 Å². The molecule has 0 unspecified atom stereocenters. The maximum atomic E-state index is 12.6. The van der Waals surface area contributed by atoms with E-state index in [2.05, 4.69) is 41.3 Å². The number of hydrogen-bond acceptors (Lipinski definition) is 4. The zero-order chi connectivity index (χ0) is 20.5. The van der Waals surface area contributed by atoms with Gasteiger partial charge >= 0.3 is 0 Å². The molecule has 2 aromatic carbocycles. The number of carbonyl (C=O) groups is 2. The molecule has 0 radical (unpaired) electrons. The second-order valence-corrected chi connectivity index (χ2v) is 7.83. The maximum Gasteiger partial charge on any atom is 0.265 e. The van der Waals surface area contributed by atoms with Crippen molar-refractivity contribution >= 4 is 40.9 Å². The quantitative estimate of drug-likeness (QED) is 0.447. The Morgan fingerprint density at radius 1 is 1.00 bits per heavy atom. The van der Waals surface area contributed by atoms with Crippen molar-refractivity contribution in [1.82, 2.24) is 9.80 Å². The lowest BCUT2D eigenvalue weighted by atomic mass is 9.97. The van der Waals surface area contributed by atoms with Crippen molar-refractivity contribution in [3.8, 4) is 0 Å². The number of thiocarbonyl (C=S) groups is 1. The Morgan fingerprint density at radius 2 is 1.69 bits per heavy atom. The average Bonchev–Trinajstić information content (AvgIpc) is 2.75. The van der Waals surface area contributed by atoms with Crippen molar-refractivity contribution in [2.45, 2.75) is 19.4 Å². The van der Waals surface area contributed by atoms with Crippen LogP contribution in [0.1, 0.15) is 23.1 Å². The fraction of sp³-hybridized carbons (Fsp3) is 0.261. The SMILES string of the molecule is CN1C(=O)C(=Cc2ccc3c(c2)CCCN3Cc2ccccc2)C(=O)N(C)C1=S. The van der Waals surface area contributed by atoms with E-state index in [9.17, 15) is 9.59 Å². The van der Waals surface area contributed by atoms with Gasteiger partial charge in [-0.25, -0.2) is 0 Å². The molecular formula is C23H23N3O2S. The van der Waals surface area contributed by atoms with Gasteiger partial charge in [0.1, 0.15) is 5.57 Å². The smallest absolute Gasteiger partial charge is 0.265 e. The Bertz CT molecular complexity index is 990. The molecule has 1 saturated heterocycles. The Hall–Kier alpha value is -2.99. The van der Waals surface area contributed by atoms with Crippen LogP contribution in [0.2, 0.25) is 0 Å². The fourth-order valence-electron chi connectivity index (χ4n) is 3.89. The van der Waals surface area contributed by atoms with Gasteiger partial charge in [0.05, 0.1) is 0 Å². The van der Waals surface area contributed by atoms with Crippen molar-refractivity contribution in [1.29, 1.82) is 0 Å². The van der Waals surface area contributed by atoms with Gasteiger partial charge in [-0.2, -0.15) is 0 Å². The molecule has 0 bridgehead atoms. The van der Waals surface area contributed by atoms with Gasteiger partial charge < -0.3 is 4.90 Å². The number of benzene rings is 2. The summed E-state index contributed by atoms with van der Waals surface area (Å²) in [5, 5.41) is 0.221. The first kappa shape index (κ1) is 19.3. The number of amides is 2. The van der Waals surface area contributed by atoms with Crippen molar-refractivity contribution < 1.29 is 9.59 Å². The van der Waals surface area contributed by atoms with Crippen LogP contribution in [-0.4, -0.2) is 47.4 Å². The summed E-state index contributed by atoms with van der Waals surface area (Å²) in [4.78, 5) is 30.2. The summed E-state index contributed by atoms with van der Waals surface area (Å²) in [5.74, 6) is -0.719. The molecule has 29 heavy (non-hydrogen) atoms. The van der Waals surface area contributed by atoms with E-state index >= 15 is 0 Å². The second-order valence-electron chi connectivity index (χ2n) is 7.47. The summed E-state index contributed by atoms with van der Waals surface area (Å²) in [6.45, 7) is 1.89. The van der Waals surface area contributed by atoms with Crippen LogP contribution in [0.25, 0.3) is 6.08 Å². The molecule has 2 aliphatic rings. The van der Waals surface area contributed by atoms with Crippen molar-refractivity contribution in [2.75, 3.05) is 25.5 Å². The third-order valence-electron chi connectivity index (χ3n) is 5.49. The van der Waals surface area contributed by atoms with E-state index in [1.807, 2.05) is 12.1 Å². The molecule has 2 amide bonds. The summed E-state index contributed by atoms with van der Waals surface area (Å²) in [5.41, 5.74) is 4.75. The van der Waals surface area contributed by atoms with Crippen LogP contribution in [0.15, 0.2) is 54.1 Å². The van der Waals surface area contributed by atoms with Gasteiger partial charge in [0, 0.05) is 32.9 Å². The van der Waals surface area contributed by atoms with Crippen LogP contribution in [0.4, 0.5) is 5.69 Å². The van der Waals surface area contributed by atoms with E-state index in [1.54, 1.807) is 20.2 Å². The monoisotopic (exact) mass is 405 g/mol. The number of fused-ring (bicyclic) bond motifs is 1. The van der Waals surface area contributed by atoms with Crippen molar-refractivity contribution in [2.24, 2.45) is 0 Å². The minimum Gasteiger partial charge on any atom is -0.367 e. The number of anilines is 1. The first-order valence-corrected chi connectivity index (χ1v) is 10.1. The molecule has 0 N–H and O–H groups in total. The van der Waals surface area contributed by atoms with E-state index in [0.29, 0.717) is 0 Å². The molecule has 5 nitrogen and oxygen atoms in total. The Labute approximate surface area is 176 Å². The lowest BCUT2D eigenvalue weighted by Gasteiger charge is -2.32. The highest BCUT2D eigenvalue weighted by molar-refractivity contribution is 7.80. The van der Waals surface area contributed by atoms with E-state index in [4.69, 9.17) is 12.2 Å². The van der Waals surface area contributed by atoms with Gasteiger partial charge in [0.2, 0.25) is 0 Å². The van der Waals surface area contributed by atoms with Crippen LogP contribution < -0.4 is 4.90 Å². The zero-order valence-electron chi connectivity index (χ0n) is 16.6. The molecule has 1 fully saturated rings. The molecule has 2 heterocycles. The van der Waals surface area contributed by atoms with Gasteiger partial charge in [-0.05, 0) is 60.0 Å². The molecule has 2 aliphatic heterocycles. The molecule has 0 aliphatic carbocycles. The molecule has 0 saturated carbocycles. The zero-order valence-corrected chi connectivity index (χ0v) is 17.4. The van der Waals surface area contributed by atoms with E-state index in [1.165, 1.54) is 26.6 Å². The van der Waals surface area contributed by atoms with Crippen LogP contribution in [-0.2, 0) is 22.6 Å². The topological polar surface area (TPSA) is 43.9 Å². The van der Waals surface area contributed by atoms with E-state index in [-0.39, 0.29) is 22.5 Å². The number of rotatable bonds is 3. The first-order valence-electron chi connectivity index (χ1n) is 9.69. The predicted octanol–water partition coefficient (Wildman–Crippen LogP) is 3.24. The summed E-state index contributed by atoms with van der Waals surface area (Å²) in [7, 11) is 3.19. The first-order chi connectivity index (χ1) is 14.0. The number of nitrogens with zero attached hydrogens (tertiary/aromatic N) is 3. The molecule has 4 rings (SSSR count). The Kier molecular flexibility index (Phi) is 5.20. The minimum atomic E-state index is -0.360. The van der Waals surface area contributed by atoms with Crippen molar-refractivity contribution in [3.63, 3.8) is 0 Å². The van der Waals surface area contributed by atoms with Gasteiger partial charge in [-0.15, -0.1) is 0 Å². The predicted molar refractivity (Wildman–Crippen MR) is 118 cm³/mol. The summed E-state index contributed by atoms with van der Waals surface area (Å²) < 4.78 is 0. The Morgan fingerprint density at radius 3 is 2.38 bits per heavy atom. The average molecular weight is 406 g/mol. The van der Waals surface area contributed by atoms with Crippen LogP contribution >= 0.6 is 12.2 Å². The molecule has 148 valence electrons. The molecule has 0 spiro atoms.